The van der Waals surface area contributed by atoms with Crippen molar-refractivity contribution >= 4 is 11.9 Å². The Morgan fingerprint density at radius 1 is 1.46 bits per heavy atom. The molecule has 1 saturated heterocycles. The summed E-state index contributed by atoms with van der Waals surface area (Å²) in [7, 11) is 1.52. The zero-order valence-electron chi connectivity index (χ0n) is 7.23. The number of carbonyl (C=O) groups excluding carboxylic acids is 2. The number of ether oxygens (including phenoxy) is 2. The number of hydrogen-bond donors (Lipinski definition) is 0. The van der Waals surface area contributed by atoms with Gasteiger partial charge in [-0.2, -0.15) is 0 Å². The molecule has 0 aromatic heterocycles. The van der Waals surface area contributed by atoms with E-state index in [9.17, 15) is 9.59 Å². The second kappa shape index (κ2) is 2.96. The second-order valence-electron chi connectivity index (χ2n) is 3.24. The standard InChI is InChI=1S/C9H10O4/c1-12-6-4-2-3-5-7(6)9(11)13-8(5)10/h2,4-7H,3H2,1H3/t5-,6+,7-/m1/s1. The lowest BCUT2D eigenvalue weighted by Gasteiger charge is -2.22. The molecule has 4 heteroatoms. The highest BCUT2D eigenvalue weighted by atomic mass is 16.6. The van der Waals surface area contributed by atoms with Crippen LogP contribution in [0.4, 0.5) is 0 Å². The Kier molecular flexibility index (Phi) is 1.92. The largest absolute Gasteiger partial charge is 0.393 e. The van der Waals surface area contributed by atoms with Gasteiger partial charge in [-0.25, -0.2) is 0 Å². The van der Waals surface area contributed by atoms with Gasteiger partial charge in [0, 0.05) is 7.11 Å². The Morgan fingerprint density at radius 3 is 2.92 bits per heavy atom. The number of hydrogen-bond acceptors (Lipinski definition) is 4. The summed E-state index contributed by atoms with van der Waals surface area (Å²) < 4.78 is 9.63. The summed E-state index contributed by atoms with van der Waals surface area (Å²) in [5.41, 5.74) is 0. The number of fused-ring (bicyclic) bond motifs is 1. The van der Waals surface area contributed by atoms with Crippen molar-refractivity contribution in [1.29, 1.82) is 0 Å². The summed E-state index contributed by atoms with van der Waals surface area (Å²) in [6.45, 7) is 0. The van der Waals surface area contributed by atoms with E-state index in [0.717, 1.165) is 0 Å². The molecule has 0 N–H and O–H groups in total. The minimum atomic E-state index is -0.453. The van der Waals surface area contributed by atoms with E-state index in [1.165, 1.54) is 7.11 Å². The van der Waals surface area contributed by atoms with Crippen molar-refractivity contribution in [3.63, 3.8) is 0 Å². The van der Waals surface area contributed by atoms with E-state index in [-0.39, 0.29) is 12.0 Å². The van der Waals surface area contributed by atoms with Crippen molar-refractivity contribution in [2.45, 2.75) is 12.5 Å². The smallest absolute Gasteiger partial charge is 0.320 e. The number of carbonyl (C=O) groups is 2. The first-order valence-corrected chi connectivity index (χ1v) is 4.19. The van der Waals surface area contributed by atoms with Gasteiger partial charge in [0.25, 0.3) is 0 Å². The fraction of sp³-hybridized carbons (Fsp3) is 0.556. The first-order valence-electron chi connectivity index (χ1n) is 4.19. The lowest BCUT2D eigenvalue weighted by molar-refractivity contribution is -0.154. The number of methoxy groups -OCH3 is 1. The maximum atomic E-state index is 11.2. The number of allylic oxidation sites excluding steroid dienone is 1. The van der Waals surface area contributed by atoms with Crippen molar-refractivity contribution in [2.24, 2.45) is 11.8 Å². The molecule has 70 valence electrons. The van der Waals surface area contributed by atoms with Gasteiger partial charge in [-0.3, -0.25) is 9.59 Å². The van der Waals surface area contributed by atoms with Crippen LogP contribution < -0.4 is 0 Å². The minimum absolute atomic E-state index is 0.308. The molecule has 0 bridgehead atoms. The zero-order valence-corrected chi connectivity index (χ0v) is 7.23. The van der Waals surface area contributed by atoms with Crippen LogP contribution in [0.1, 0.15) is 6.42 Å². The van der Waals surface area contributed by atoms with Crippen LogP contribution in [0.2, 0.25) is 0 Å². The maximum Gasteiger partial charge on any atom is 0.320 e. The van der Waals surface area contributed by atoms with Crippen molar-refractivity contribution < 1.29 is 19.1 Å². The highest BCUT2D eigenvalue weighted by Gasteiger charge is 2.48. The second-order valence-corrected chi connectivity index (χ2v) is 3.24. The Bertz CT molecular complexity index is 281. The van der Waals surface area contributed by atoms with Crippen LogP contribution >= 0.6 is 0 Å². The van der Waals surface area contributed by atoms with Crippen LogP contribution in [0.25, 0.3) is 0 Å². The molecule has 2 aliphatic rings. The molecular weight excluding hydrogens is 172 g/mol. The molecule has 13 heavy (non-hydrogen) atoms. The lowest BCUT2D eigenvalue weighted by Crippen LogP contribution is -2.32. The predicted molar refractivity (Wildman–Crippen MR) is 42.6 cm³/mol. The monoisotopic (exact) mass is 182 g/mol. The summed E-state index contributed by atoms with van der Waals surface area (Å²) in [6.07, 6.45) is 3.93. The van der Waals surface area contributed by atoms with E-state index in [1.54, 1.807) is 6.08 Å². The molecule has 0 amide bonds. The quantitative estimate of drug-likeness (QED) is 0.332. The summed E-state index contributed by atoms with van der Waals surface area (Å²) in [5, 5.41) is 0. The molecule has 1 aliphatic heterocycles. The van der Waals surface area contributed by atoms with E-state index in [4.69, 9.17) is 4.74 Å². The Hall–Kier alpha value is -1.16. The van der Waals surface area contributed by atoms with Crippen molar-refractivity contribution in [3.8, 4) is 0 Å². The Balaban J connectivity index is 2.29. The van der Waals surface area contributed by atoms with Crippen LogP contribution in [0.5, 0.6) is 0 Å². The number of cyclic esters (lactones) is 2. The molecule has 0 aromatic rings. The van der Waals surface area contributed by atoms with Crippen LogP contribution in [-0.4, -0.2) is 25.2 Å². The molecule has 3 atom stereocenters. The molecule has 0 aromatic carbocycles. The molecule has 1 heterocycles. The van der Waals surface area contributed by atoms with Crippen molar-refractivity contribution in [2.75, 3.05) is 7.11 Å². The normalized spacial score (nSPS) is 37.5. The third kappa shape index (κ3) is 1.18. The van der Waals surface area contributed by atoms with Gasteiger partial charge in [0.05, 0.1) is 12.0 Å². The van der Waals surface area contributed by atoms with Gasteiger partial charge in [-0.15, -0.1) is 0 Å². The maximum absolute atomic E-state index is 11.2. The van der Waals surface area contributed by atoms with Gasteiger partial charge in [-0.1, -0.05) is 12.2 Å². The molecule has 2 rings (SSSR count). The topological polar surface area (TPSA) is 52.6 Å². The van der Waals surface area contributed by atoms with E-state index in [0.29, 0.717) is 6.42 Å². The van der Waals surface area contributed by atoms with Crippen LogP contribution in [0.15, 0.2) is 12.2 Å². The highest BCUT2D eigenvalue weighted by molar-refractivity contribution is 5.97. The number of esters is 2. The van der Waals surface area contributed by atoms with Crippen molar-refractivity contribution in [3.05, 3.63) is 12.2 Å². The highest BCUT2D eigenvalue weighted by Crippen LogP contribution is 2.34. The Morgan fingerprint density at radius 2 is 2.23 bits per heavy atom. The van der Waals surface area contributed by atoms with E-state index in [2.05, 4.69) is 4.74 Å². The van der Waals surface area contributed by atoms with E-state index < -0.39 is 17.9 Å². The Labute approximate surface area is 75.5 Å². The zero-order chi connectivity index (χ0) is 9.42. The van der Waals surface area contributed by atoms with Crippen LogP contribution in [0, 0.1) is 11.8 Å². The summed E-state index contributed by atoms with van der Waals surface area (Å²) in [5.74, 6) is -1.63. The molecule has 1 fully saturated rings. The van der Waals surface area contributed by atoms with Gasteiger partial charge in [0.1, 0.15) is 5.92 Å². The SMILES string of the molecule is CO[C@H]1C=CC[C@H]2C(=O)OC(=O)[C@@H]12. The van der Waals surface area contributed by atoms with Crippen LogP contribution in [-0.2, 0) is 19.1 Å². The van der Waals surface area contributed by atoms with Gasteiger partial charge in [-0.05, 0) is 6.42 Å². The van der Waals surface area contributed by atoms with E-state index >= 15 is 0 Å². The molecule has 0 spiro atoms. The summed E-state index contributed by atoms with van der Waals surface area (Å²) >= 11 is 0. The van der Waals surface area contributed by atoms with Gasteiger partial charge >= 0.3 is 11.9 Å². The molecule has 0 unspecified atom stereocenters. The predicted octanol–water partition coefficient (Wildman–Crippen LogP) is 0.277. The van der Waals surface area contributed by atoms with Crippen LogP contribution in [0.3, 0.4) is 0 Å². The molecule has 4 nitrogen and oxygen atoms in total. The fourth-order valence-electron chi connectivity index (χ4n) is 1.86. The first-order chi connectivity index (χ1) is 6.24. The first kappa shape index (κ1) is 8.44. The summed E-state index contributed by atoms with van der Waals surface area (Å²) in [6, 6.07) is 0. The average Bonchev–Trinajstić information content (AvgIpc) is 2.43. The van der Waals surface area contributed by atoms with Crippen molar-refractivity contribution in [1.82, 2.24) is 0 Å². The molecule has 1 aliphatic carbocycles. The van der Waals surface area contributed by atoms with Gasteiger partial charge in [0.2, 0.25) is 0 Å². The van der Waals surface area contributed by atoms with Gasteiger partial charge in [0.15, 0.2) is 0 Å². The molecule has 0 saturated carbocycles. The number of rotatable bonds is 1. The third-order valence-electron chi connectivity index (χ3n) is 2.55. The average molecular weight is 182 g/mol. The molecule has 0 radical (unpaired) electrons. The fourth-order valence-corrected chi connectivity index (χ4v) is 1.86. The summed E-state index contributed by atoms with van der Waals surface area (Å²) in [4.78, 5) is 22.4. The third-order valence-corrected chi connectivity index (χ3v) is 2.55. The molecular formula is C9H10O4. The van der Waals surface area contributed by atoms with Gasteiger partial charge < -0.3 is 9.47 Å². The lowest BCUT2D eigenvalue weighted by atomic mass is 9.83. The minimum Gasteiger partial charge on any atom is -0.393 e. The van der Waals surface area contributed by atoms with E-state index in [1.807, 2.05) is 6.08 Å².